The first-order valence-electron chi connectivity index (χ1n) is 15.3. The molecule has 0 N–H and O–H groups in total. The molecule has 6 aromatic rings. The van der Waals surface area contributed by atoms with Gasteiger partial charge >= 0.3 is 0 Å². The van der Waals surface area contributed by atoms with Crippen LogP contribution in [-0.4, -0.2) is 19.9 Å². The number of rotatable bonds is 7. The van der Waals surface area contributed by atoms with Gasteiger partial charge in [0.1, 0.15) is 5.82 Å². The lowest BCUT2D eigenvalue weighted by Crippen LogP contribution is -2.31. The molecule has 7 rings (SSSR count). The highest BCUT2D eigenvalue weighted by molar-refractivity contribution is 5.87. The summed E-state index contributed by atoms with van der Waals surface area (Å²) in [6.45, 7) is 12.4. The number of pyridine rings is 1. The van der Waals surface area contributed by atoms with Gasteiger partial charge in [-0.2, -0.15) is 0 Å². The van der Waals surface area contributed by atoms with Crippen LogP contribution in [0.3, 0.4) is 0 Å². The van der Waals surface area contributed by atoms with E-state index in [1.807, 2.05) is 60.8 Å². The van der Waals surface area contributed by atoms with E-state index in [1.165, 1.54) is 16.7 Å². The Morgan fingerprint density at radius 2 is 1.35 bits per heavy atom. The van der Waals surface area contributed by atoms with Gasteiger partial charge in [0.05, 0.1) is 5.69 Å². The summed E-state index contributed by atoms with van der Waals surface area (Å²) in [6, 6.07) is 39.7. The molecule has 46 heavy (non-hydrogen) atoms. The second kappa shape index (κ2) is 11.9. The van der Waals surface area contributed by atoms with Crippen molar-refractivity contribution in [3.05, 3.63) is 170 Å². The molecule has 0 unspecified atom stereocenters. The number of hydrogen-bond acceptors (Lipinski definition) is 5. The minimum absolute atomic E-state index is 0.260. The first kappa shape index (κ1) is 28.8. The number of aromatic nitrogens is 4. The predicted octanol–water partition coefficient (Wildman–Crippen LogP) is 10.1. The van der Waals surface area contributed by atoms with E-state index in [1.54, 1.807) is 12.2 Å². The van der Waals surface area contributed by atoms with Crippen molar-refractivity contribution in [1.29, 1.82) is 0 Å². The number of benzene rings is 4. The summed E-state index contributed by atoms with van der Waals surface area (Å²) in [4.78, 5) is 21.9. The Labute approximate surface area is 270 Å². The molecule has 0 fully saturated rings. The lowest BCUT2D eigenvalue weighted by Gasteiger charge is -2.41. The Hall–Kier alpha value is -5.94. The molecule has 5 heteroatoms. The molecule has 222 valence electrons. The quantitative estimate of drug-likeness (QED) is 0.172. The summed E-state index contributed by atoms with van der Waals surface area (Å²) in [6.07, 6.45) is 7.18. The Balaban J connectivity index is 1.40. The molecule has 0 saturated carbocycles. The molecule has 0 radical (unpaired) electrons. The van der Waals surface area contributed by atoms with Crippen LogP contribution in [0.25, 0.3) is 39.5 Å². The summed E-state index contributed by atoms with van der Waals surface area (Å²) >= 11 is 0. The lowest BCUT2D eigenvalue weighted by atomic mass is 9.74. The molecular formula is C41H33N5. The van der Waals surface area contributed by atoms with Crippen LogP contribution in [-0.2, 0) is 5.41 Å². The van der Waals surface area contributed by atoms with E-state index in [-0.39, 0.29) is 5.41 Å². The molecule has 0 aliphatic carbocycles. The highest BCUT2D eigenvalue weighted by Gasteiger charge is 2.38. The Bertz CT molecular complexity index is 2110. The van der Waals surface area contributed by atoms with E-state index in [9.17, 15) is 0 Å². The van der Waals surface area contributed by atoms with Crippen molar-refractivity contribution in [3.63, 3.8) is 0 Å². The van der Waals surface area contributed by atoms with Crippen molar-refractivity contribution in [2.75, 3.05) is 4.90 Å². The summed E-state index contributed by atoms with van der Waals surface area (Å²) in [5.41, 5.74) is 9.12. The van der Waals surface area contributed by atoms with E-state index in [4.69, 9.17) is 19.9 Å². The van der Waals surface area contributed by atoms with Crippen molar-refractivity contribution >= 4 is 22.8 Å². The van der Waals surface area contributed by atoms with Gasteiger partial charge in [-0.25, -0.2) is 19.9 Å². The SMILES string of the molecule is C=C/C=C(\C=C)c1nc(-c2ccccc2)nc(-c2cccc(N3c4ccc(-c5ccccc5)cc4C(C)(C)c4cccnc43)c2)n1. The molecule has 0 bridgehead atoms. The molecule has 4 aromatic carbocycles. The second-order valence-electron chi connectivity index (χ2n) is 11.7. The van der Waals surface area contributed by atoms with Crippen LogP contribution in [0.15, 0.2) is 153 Å². The number of fused-ring (bicyclic) bond motifs is 2. The molecule has 0 amide bonds. The van der Waals surface area contributed by atoms with Gasteiger partial charge in [-0.15, -0.1) is 0 Å². The molecule has 1 aliphatic rings. The summed E-state index contributed by atoms with van der Waals surface area (Å²) in [7, 11) is 0. The van der Waals surface area contributed by atoms with Crippen LogP contribution in [0, 0.1) is 0 Å². The molecular weight excluding hydrogens is 562 g/mol. The van der Waals surface area contributed by atoms with E-state index in [0.29, 0.717) is 17.5 Å². The van der Waals surface area contributed by atoms with E-state index in [2.05, 4.69) is 98.6 Å². The number of allylic oxidation sites excluding steroid dienone is 4. The highest BCUT2D eigenvalue weighted by atomic mass is 15.2. The van der Waals surface area contributed by atoms with Crippen molar-refractivity contribution in [2.45, 2.75) is 19.3 Å². The van der Waals surface area contributed by atoms with Crippen molar-refractivity contribution in [2.24, 2.45) is 0 Å². The fraction of sp³-hybridized carbons (Fsp3) is 0.0732. The zero-order valence-corrected chi connectivity index (χ0v) is 25.9. The fourth-order valence-electron chi connectivity index (χ4n) is 6.12. The van der Waals surface area contributed by atoms with E-state index in [0.717, 1.165) is 39.5 Å². The maximum absolute atomic E-state index is 4.95. The van der Waals surface area contributed by atoms with Crippen LogP contribution >= 0.6 is 0 Å². The molecule has 0 atom stereocenters. The number of anilines is 3. The second-order valence-corrected chi connectivity index (χ2v) is 11.7. The summed E-state index contributed by atoms with van der Waals surface area (Å²) < 4.78 is 0. The van der Waals surface area contributed by atoms with Crippen LogP contribution in [0.5, 0.6) is 0 Å². The number of nitrogens with zero attached hydrogens (tertiary/aromatic N) is 5. The van der Waals surface area contributed by atoms with E-state index < -0.39 is 0 Å². The molecule has 1 aliphatic heterocycles. The Morgan fingerprint density at radius 3 is 2.07 bits per heavy atom. The predicted molar refractivity (Wildman–Crippen MR) is 189 cm³/mol. The minimum atomic E-state index is -0.260. The van der Waals surface area contributed by atoms with Gasteiger partial charge in [0, 0.05) is 39.6 Å². The third kappa shape index (κ3) is 5.12. The van der Waals surface area contributed by atoms with E-state index >= 15 is 0 Å². The fourth-order valence-corrected chi connectivity index (χ4v) is 6.12. The average Bonchev–Trinajstić information content (AvgIpc) is 3.11. The molecule has 0 spiro atoms. The van der Waals surface area contributed by atoms with Crippen molar-refractivity contribution in [1.82, 2.24) is 19.9 Å². The Morgan fingerprint density at radius 1 is 0.652 bits per heavy atom. The van der Waals surface area contributed by atoms with Gasteiger partial charge in [-0.3, -0.25) is 4.90 Å². The molecule has 3 heterocycles. The van der Waals surface area contributed by atoms with Gasteiger partial charge < -0.3 is 0 Å². The van der Waals surface area contributed by atoms with Gasteiger partial charge in [0.25, 0.3) is 0 Å². The standard InChI is InChI=1S/C41H33N5/c1-5-15-28(6-2)37-43-38(30-18-11-8-12-19-30)45-39(44-37)32-20-13-21-33(26-32)46-36-24-23-31(29-16-9-7-10-17-29)27-35(36)41(3,4)34-22-14-25-42-40(34)46/h5-27H,1-2H2,3-4H3/b28-15+. The third-order valence-electron chi connectivity index (χ3n) is 8.50. The highest BCUT2D eigenvalue weighted by Crippen LogP contribution is 2.52. The van der Waals surface area contributed by atoms with Crippen LogP contribution in [0.4, 0.5) is 17.2 Å². The number of hydrogen-bond donors (Lipinski definition) is 0. The van der Waals surface area contributed by atoms with Crippen molar-refractivity contribution in [3.8, 4) is 33.9 Å². The topological polar surface area (TPSA) is 54.8 Å². The van der Waals surface area contributed by atoms with Gasteiger partial charge in [0.2, 0.25) is 0 Å². The first-order chi connectivity index (χ1) is 22.5. The summed E-state index contributed by atoms with van der Waals surface area (Å²) in [5.74, 6) is 2.61. The smallest absolute Gasteiger partial charge is 0.164 e. The molecule has 2 aromatic heterocycles. The Kier molecular flexibility index (Phi) is 7.43. The van der Waals surface area contributed by atoms with Gasteiger partial charge in [-0.1, -0.05) is 130 Å². The first-order valence-corrected chi connectivity index (χ1v) is 15.3. The maximum Gasteiger partial charge on any atom is 0.164 e. The van der Waals surface area contributed by atoms with Gasteiger partial charge in [-0.05, 0) is 47.0 Å². The summed E-state index contributed by atoms with van der Waals surface area (Å²) in [5, 5.41) is 0. The van der Waals surface area contributed by atoms with Gasteiger partial charge in [0.15, 0.2) is 17.5 Å². The lowest BCUT2D eigenvalue weighted by molar-refractivity contribution is 0.627. The monoisotopic (exact) mass is 595 g/mol. The van der Waals surface area contributed by atoms with Crippen LogP contribution in [0.1, 0.15) is 30.8 Å². The normalized spacial score (nSPS) is 13.4. The maximum atomic E-state index is 4.95. The van der Waals surface area contributed by atoms with Crippen LogP contribution in [0.2, 0.25) is 0 Å². The van der Waals surface area contributed by atoms with Crippen molar-refractivity contribution < 1.29 is 0 Å². The third-order valence-corrected chi connectivity index (χ3v) is 8.50. The minimum Gasteiger partial charge on any atom is -0.294 e. The molecule has 5 nitrogen and oxygen atoms in total. The molecule has 0 saturated heterocycles. The zero-order valence-electron chi connectivity index (χ0n) is 25.9. The zero-order chi connectivity index (χ0) is 31.7. The van der Waals surface area contributed by atoms with Crippen LogP contribution < -0.4 is 4.90 Å². The average molecular weight is 596 g/mol. The largest absolute Gasteiger partial charge is 0.294 e.